The van der Waals surface area contributed by atoms with Crippen molar-refractivity contribution in [3.8, 4) is 6.07 Å². The largest absolute Gasteiger partial charge is 0.206 e. The summed E-state index contributed by atoms with van der Waals surface area (Å²) >= 11 is 0. The normalized spacial score (nSPS) is 26.0. The average Bonchev–Trinajstić information content (AvgIpc) is 2.65. The van der Waals surface area contributed by atoms with Crippen molar-refractivity contribution < 1.29 is 4.39 Å². The number of aryl methyl sites for hydroxylation is 1. The maximum atomic E-state index is 13.9. The molecule has 3 rings (SSSR count). The van der Waals surface area contributed by atoms with Gasteiger partial charge < -0.3 is 0 Å². The summed E-state index contributed by atoms with van der Waals surface area (Å²) < 4.78 is 13.9. The van der Waals surface area contributed by atoms with Crippen LogP contribution >= 0.6 is 0 Å². The lowest BCUT2D eigenvalue weighted by Crippen LogP contribution is -2.26. The summed E-state index contributed by atoms with van der Waals surface area (Å²) in [5, 5.41) is 9.00. The Balaban J connectivity index is 1.50. The zero-order valence-electron chi connectivity index (χ0n) is 15.7. The number of benzene rings is 1. The van der Waals surface area contributed by atoms with Gasteiger partial charge in [0.25, 0.3) is 0 Å². The lowest BCUT2D eigenvalue weighted by atomic mass is 9.69. The second-order valence-corrected chi connectivity index (χ2v) is 8.35. The van der Waals surface area contributed by atoms with E-state index in [0.29, 0.717) is 0 Å². The molecule has 0 aliphatic heterocycles. The van der Waals surface area contributed by atoms with Gasteiger partial charge in [-0.25, -0.2) is 4.39 Å². The summed E-state index contributed by atoms with van der Waals surface area (Å²) in [5.74, 6) is 2.18. The first-order chi connectivity index (χ1) is 12.2. The number of halogens is 1. The molecule has 136 valence electrons. The van der Waals surface area contributed by atoms with Crippen molar-refractivity contribution in [1.82, 2.24) is 0 Å². The molecule has 0 bridgehead atoms. The van der Waals surface area contributed by atoms with Gasteiger partial charge in [0.15, 0.2) is 0 Å². The van der Waals surface area contributed by atoms with Crippen LogP contribution in [0.25, 0.3) is 0 Å². The summed E-state index contributed by atoms with van der Waals surface area (Å²) in [7, 11) is 0. The van der Waals surface area contributed by atoms with Crippen LogP contribution in [-0.2, 0) is 12.8 Å². The molecule has 2 heteroatoms. The summed E-state index contributed by atoms with van der Waals surface area (Å²) in [6.07, 6.45) is 15.8. The first-order valence-electron chi connectivity index (χ1n) is 10.4. The zero-order valence-corrected chi connectivity index (χ0v) is 15.7. The summed E-state index contributed by atoms with van der Waals surface area (Å²) in [6, 6.07) is 5.40. The third-order valence-corrected chi connectivity index (χ3v) is 6.70. The SMILES string of the molecule is CCCCCCC1CCC(C2CCc3cc(C#N)c(F)cc3C2)CC1. The van der Waals surface area contributed by atoms with E-state index < -0.39 is 0 Å². The van der Waals surface area contributed by atoms with Crippen LogP contribution in [0.15, 0.2) is 12.1 Å². The Morgan fingerprint density at radius 1 is 1.00 bits per heavy atom. The van der Waals surface area contributed by atoms with E-state index in [1.807, 2.05) is 6.07 Å². The molecule has 0 N–H and O–H groups in total. The molecule has 0 radical (unpaired) electrons. The molecule has 1 aromatic rings. The minimum atomic E-state index is -0.335. The van der Waals surface area contributed by atoms with Gasteiger partial charge in [-0.05, 0) is 73.1 Å². The fourth-order valence-corrected chi connectivity index (χ4v) is 5.10. The summed E-state index contributed by atoms with van der Waals surface area (Å²) in [5.41, 5.74) is 2.58. The van der Waals surface area contributed by atoms with Gasteiger partial charge in [0, 0.05) is 0 Å². The molecule has 1 fully saturated rings. The lowest BCUT2D eigenvalue weighted by Gasteiger charge is -2.36. The second kappa shape index (κ2) is 8.84. The van der Waals surface area contributed by atoms with Crippen LogP contribution in [-0.4, -0.2) is 0 Å². The Morgan fingerprint density at radius 2 is 1.80 bits per heavy atom. The third kappa shape index (κ3) is 4.63. The molecule has 1 atom stereocenters. The Bertz CT molecular complexity index is 607. The van der Waals surface area contributed by atoms with Gasteiger partial charge in [-0.1, -0.05) is 51.9 Å². The minimum absolute atomic E-state index is 0.209. The van der Waals surface area contributed by atoms with E-state index in [4.69, 9.17) is 5.26 Å². The maximum absolute atomic E-state index is 13.9. The highest BCUT2D eigenvalue weighted by molar-refractivity contribution is 5.40. The topological polar surface area (TPSA) is 23.8 Å². The van der Waals surface area contributed by atoms with Gasteiger partial charge in [0.1, 0.15) is 11.9 Å². The van der Waals surface area contributed by atoms with Crippen LogP contribution in [0, 0.1) is 34.9 Å². The van der Waals surface area contributed by atoms with Gasteiger partial charge >= 0.3 is 0 Å². The third-order valence-electron chi connectivity index (χ3n) is 6.70. The van der Waals surface area contributed by atoms with Crippen molar-refractivity contribution in [2.75, 3.05) is 0 Å². The number of fused-ring (bicyclic) bond motifs is 1. The Kier molecular flexibility index (Phi) is 6.51. The predicted octanol–water partition coefficient (Wildman–Crippen LogP) is 6.58. The lowest BCUT2D eigenvalue weighted by molar-refractivity contribution is 0.182. The van der Waals surface area contributed by atoms with E-state index in [0.717, 1.165) is 36.2 Å². The number of nitrogens with zero attached hydrogens (tertiary/aromatic N) is 1. The molecule has 0 spiro atoms. The van der Waals surface area contributed by atoms with Crippen molar-refractivity contribution in [3.05, 3.63) is 34.6 Å². The van der Waals surface area contributed by atoms with Gasteiger partial charge in [0.2, 0.25) is 0 Å². The molecule has 0 amide bonds. The highest BCUT2D eigenvalue weighted by atomic mass is 19.1. The Labute approximate surface area is 152 Å². The molecule has 1 aromatic carbocycles. The van der Waals surface area contributed by atoms with E-state index >= 15 is 0 Å². The first kappa shape index (κ1) is 18.4. The standard InChI is InChI=1S/C23H32FN/c1-2-3-4-5-6-17-7-9-18(10-8-17)19-11-12-20-14-22(16-25)23(24)15-21(20)13-19/h14-15,17-19H,2-13H2,1H3. The smallest absolute Gasteiger partial charge is 0.141 e. The van der Waals surface area contributed by atoms with Crippen molar-refractivity contribution in [3.63, 3.8) is 0 Å². The van der Waals surface area contributed by atoms with Crippen molar-refractivity contribution in [2.45, 2.75) is 84.0 Å². The number of nitriles is 1. The zero-order chi connectivity index (χ0) is 17.6. The molecular weight excluding hydrogens is 309 g/mol. The first-order valence-corrected chi connectivity index (χ1v) is 10.4. The number of hydrogen-bond donors (Lipinski definition) is 0. The van der Waals surface area contributed by atoms with Gasteiger partial charge in [-0.3, -0.25) is 0 Å². The van der Waals surface area contributed by atoms with Crippen molar-refractivity contribution in [1.29, 1.82) is 5.26 Å². The van der Waals surface area contributed by atoms with Crippen molar-refractivity contribution in [2.24, 2.45) is 17.8 Å². The molecule has 0 saturated heterocycles. The van der Waals surface area contributed by atoms with Gasteiger partial charge in [0.05, 0.1) is 5.56 Å². The van der Waals surface area contributed by atoms with Crippen LogP contribution in [0.4, 0.5) is 4.39 Å². The number of hydrogen-bond acceptors (Lipinski definition) is 1. The molecule has 25 heavy (non-hydrogen) atoms. The second-order valence-electron chi connectivity index (χ2n) is 8.35. The molecular formula is C23H32FN. The fraction of sp³-hybridized carbons (Fsp3) is 0.696. The van der Waals surface area contributed by atoms with E-state index in [-0.39, 0.29) is 11.4 Å². The summed E-state index contributed by atoms with van der Waals surface area (Å²) in [4.78, 5) is 0. The highest BCUT2D eigenvalue weighted by Crippen LogP contribution is 2.41. The van der Waals surface area contributed by atoms with E-state index in [1.165, 1.54) is 69.8 Å². The molecule has 0 heterocycles. The minimum Gasteiger partial charge on any atom is -0.206 e. The quantitative estimate of drug-likeness (QED) is 0.536. The van der Waals surface area contributed by atoms with Gasteiger partial charge in [-0.2, -0.15) is 5.26 Å². The predicted molar refractivity (Wildman–Crippen MR) is 101 cm³/mol. The Morgan fingerprint density at radius 3 is 2.52 bits per heavy atom. The van der Waals surface area contributed by atoms with E-state index in [9.17, 15) is 4.39 Å². The van der Waals surface area contributed by atoms with Gasteiger partial charge in [-0.15, -0.1) is 0 Å². The van der Waals surface area contributed by atoms with Crippen LogP contribution in [0.1, 0.15) is 87.8 Å². The fourth-order valence-electron chi connectivity index (χ4n) is 5.10. The molecule has 1 unspecified atom stereocenters. The number of rotatable bonds is 6. The van der Waals surface area contributed by atoms with Crippen LogP contribution < -0.4 is 0 Å². The highest BCUT2D eigenvalue weighted by Gasteiger charge is 2.30. The molecule has 1 nitrogen and oxygen atoms in total. The molecule has 2 aliphatic rings. The summed E-state index contributed by atoms with van der Waals surface area (Å²) in [6.45, 7) is 2.28. The molecule has 1 saturated carbocycles. The number of unbranched alkanes of at least 4 members (excludes halogenated alkanes) is 3. The van der Waals surface area contributed by atoms with Crippen molar-refractivity contribution >= 4 is 0 Å². The van der Waals surface area contributed by atoms with Crippen LogP contribution in [0.2, 0.25) is 0 Å². The monoisotopic (exact) mass is 341 g/mol. The van der Waals surface area contributed by atoms with Crippen LogP contribution in [0.3, 0.4) is 0 Å². The van der Waals surface area contributed by atoms with E-state index in [2.05, 4.69) is 6.92 Å². The van der Waals surface area contributed by atoms with Crippen LogP contribution in [0.5, 0.6) is 0 Å². The van der Waals surface area contributed by atoms with E-state index in [1.54, 1.807) is 12.1 Å². The molecule has 0 aromatic heterocycles. The average molecular weight is 342 g/mol. The maximum Gasteiger partial charge on any atom is 0.141 e. The molecule has 2 aliphatic carbocycles. The Hall–Kier alpha value is -1.36.